The fraction of sp³-hybridized carbons (Fsp3) is 0.909. The van der Waals surface area contributed by atoms with E-state index in [0.717, 1.165) is 25.2 Å². The second-order valence-corrected chi connectivity index (χ2v) is 5.43. The summed E-state index contributed by atoms with van der Waals surface area (Å²) < 4.78 is 0.415. The fourth-order valence-corrected chi connectivity index (χ4v) is 2.92. The molecule has 0 aromatic carbocycles. The normalized spacial score (nSPS) is 21.4. The minimum absolute atomic E-state index is 0.415. The number of nitrogens with zero attached hydrogens (tertiary/aromatic N) is 1. The van der Waals surface area contributed by atoms with Crippen LogP contribution in [0.25, 0.3) is 0 Å². The van der Waals surface area contributed by atoms with Gasteiger partial charge in [-0.15, -0.1) is 0 Å². The van der Waals surface area contributed by atoms with Crippen molar-refractivity contribution in [3.63, 3.8) is 0 Å². The third kappa shape index (κ3) is 3.19. The largest absolute Gasteiger partial charge is 0.387 e. The highest BCUT2D eigenvalue weighted by atomic mass is 32.2. The van der Waals surface area contributed by atoms with Crippen LogP contribution in [-0.2, 0) is 0 Å². The van der Waals surface area contributed by atoms with Gasteiger partial charge in [0, 0.05) is 11.2 Å². The molecule has 0 bridgehead atoms. The second kappa shape index (κ2) is 5.64. The molecule has 0 amide bonds. The Balaban J connectivity index is 2.44. The third-order valence-corrected chi connectivity index (χ3v) is 4.43. The number of hydrogen-bond donors (Lipinski definition) is 1. The maximum absolute atomic E-state index is 5.82. The van der Waals surface area contributed by atoms with Crippen LogP contribution in [0.5, 0.6) is 0 Å². The number of aliphatic imine (C=N–C) groups is 1. The van der Waals surface area contributed by atoms with Gasteiger partial charge in [-0.3, -0.25) is 4.99 Å². The Bertz CT molecular complexity index is 195. The Morgan fingerprint density at radius 2 is 2.07 bits per heavy atom. The molecule has 14 heavy (non-hydrogen) atoms. The zero-order valence-corrected chi connectivity index (χ0v) is 10.2. The highest BCUT2D eigenvalue weighted by Crippen LogP contribution is 2.40. The standard InChI is InChI=1S/C11H22N2S/c1-3-6-10(12)13-9-11(14-2)7-4-5-8-11/h3-9H2,1-2H3,(H2,12,13). The van der Waals surface area contributed by atoms with Gasteiger partial charge in [0.1, 0.15) is 0 Å². The quantitative estimate of drug-likeness (QED) is 0.564. The molecule has 2 N–H and O–H groups in total. The second-order valence-electron chi connectivity index (χ2n) is 4.15. The highest BCUT2D eigenvalue weighted by molar-refractivity contribution is 8.00. The molecule has 1 rings (SSSR count). The van der Waals surface area contributed by atoms with Crippen LogP contribution >= 0.6 is 11.8 Å². The molecular formula is C11H22N2S. The van der Waals surface area contributed by atoms with Crippen molar-refractivity contribution in [1.29, 1.82) is 0 Å². The molecule has 1 saturated carbocycles. The average molecular weight is 214 g/mol. The summed E-state index contributed by atoms with van der Waals surface area (Å²) in [6, 6.07) is 0. The summed E-state index contributed by atoms with van der Waals surface area (Å²) in [6.07, 6.45) is 9.62. The first-order valence-electron chi connectivity index (χ1n) is 5.56. The molecule has 0 unspecified atom stereocenters. The molecule has 0 heterocycles. The van der Waals surface area contributed by atoms with Gasteiger partial charge in [0.2, 0.25) is 0 Å². The van der Waals surface area contributed by atoms with Crippen molar-refractivity contribution < 1.29 is 0 Å². The lowest BCUT2D eigenvalue weighted by atomic mass is 10.1. The van der Waals surface area contributed by atoms with E-state index in [1.807, 2.05) is 11.8 Å². The molecule has 0 aromatic rings. The van der Waals surface area contributed by atoms with E-state index >= 15 is 0 Å². The fourth-order valence-electron chi connectivity index (χ4n) is 2.03. The lowest BCUT2D eigenvalue weighted by Gasteiger charge is -2.24. The first-order chi connectivity index (χ1) is 6.72. The Hall–Kier alpha value is -0.180. The molecule has 2 nitrogen and oxygen atoms in total. The summed E-state index contributed by atoms with van der Waals surface area (Å²) in [6.45, 7) is 3.07. The summed E-state index contributed by atoms with van der Waals surface area (Å²) in [5, 5.41) is 0. The van der Waals surface area contributed by atoms with Gasteiger partial charge in [0.15, 0.2) is 0 Å². The van der Waals surface area contributed by atoms with Crippen LogP contribution in [0.15, 0.2) is 4.99 Å². The lowest BCUT2D eigenvalue weighted by Crippen LogP contribution is -2.26. The molecule has 0 aliphatic heterocycles. The first kappa shape index (κ1) is 11.9. The van der Waals surface area contributed by atoms with Gasteiger partial charge in [-0.1, -0.05) is 19.8 Å². The van der Waals surface area contributed by atoms with E-state index in [1.165, 1.54) is 25.7 Å². The van der Waals surface area contributed by atoms with Crippen molar-refractivity contribution in [1.82, 2.24) is 0 Å². The van der Waals surface area contributed by atoms with Crippen molar-refractivity contribution >= 4 is 17.6 Å². The predicted molar refractivity (Wildman–Crippen MR) is 66.1 cm³/mol. The Labute approximate surface area is 91.7 Å². The molecule has 0 saturated heterocycles. The summed E-state index contributed by atoms with van der Waals surface area (Å²) in [4.78, 5) is 4.51. The average Bonchev–Trinajstić information content (AvgIpc) is 2.65. The summed E-state index contributed by atoms with van der Waals surface area (Å²) >= 11 is 1.98. The number of rotatable bonds is 5. The van der Waals surface area contributed by atoms with Crippen LogP contribution < -0.4 is 5.73 Å². The van der Waals surface area contributed by atoms with E-state index in [1.54, 1.807) is 0 Å². The first-order valence-corrected chi connectivity index (χ1v) is 6.79. The monoisotopic (exact) mass is 214 g/mol. The Morgan fingerprint density at radius 3 is 2.57 bits per heavy atom. The van der Waals surface area contributed by atoms with Gasteiger partial charge in [0.05, 0.1) is 12.4 Å². The van der Waals surface area contributed by atoms with Crippen LogP contribution in [0.2, 0.25) is 0 Å². The van der Waals surface area contributed by atoms with Gasteiger partial charge >= 0.3 is 0 Å². The molecule has 0 spiro atoms. The van der Waals surface area contributed by atoms with Gasteiger partial charge in [0.25, 0.3) is 0 Å². The minimum Gasteiger partial charge on any atom is -0.387 e. The molecule has 0 atom stereocenters. The maximum atomic E-state index is 5.82. The van der Waals surface area contributed by atoms with Gasteiger partial charge in [-0.2, -0.15) is 11.8 Å². The number of thioether (sulfide) groups is 1. The summed E-state index contributed by atoms with van der Waals surface area (Å²) in [5.41, 5.74) is 5.82. The topological polar surface area (TPSA) is 38.4 Å². The van der Waals surface area contributed by atoms with Crippen molar-refractivity contribution in [2.75, 3.05) is 12.8 Å². The van der Waals surface area contributed by atoms with E-state index in [9.17, 15) is 0 Å². The summed E-state index contributed by atoms with van der Waals surface area (Å²) in [5.74, 6) is 0.841. The minimum atomic E-state index is 0.415. The molecule has 0 radical (unpaired) electrons. The Morgan fingerprint density at radius 1 is 1.43 bits per heavy atom. The zero-order chi connectivity index (χ0) is 10.4. The van der Waals surface area contributed by atoms with Crippen LogP contribution in [0.3, 0.4) is 0 Å². The van der Waals surface area contributed by atoms with Gasteiger partial charge in [-0.05, 0) is 25.5 Å². The SMILES string of the molecule is CCCC(N)=NCC1(SC)CCCC1. The molecule has 0 aromatic heterocycles. The van der Waals surface area contributed by atoms with E-state index < -0.39 is 0 Å². The lowest BCUT2D eigenvalue weighted by molar-refractivity contribution is 0.620. The Kier molecular flexibility index (Phi) is 4.79. The highest BCUT2D eigenvalue weighted by Gasteiger charge is 2.32. The van der Waals surface area contributed by atoms with Crippen molar-refractivity contribution in [3.05, 3.63) is 0 Å². The molecule has 1 aliphatic carbocycles. The van der Waals surface area contributed by atoms with E-state index in [-0.39, 0.29) is 0 Å². The van der Waals surface area contributed by atoms with Crippen molar-refractivity contribution in [3.8, 4) is 0 Å². The zero-order valence-electron chi connectivity index (χ0n) is 9.38. The van der Waals surface area contributed by atoms with Crippen molar-refractivity contribution in [2.24, 2.45) is 10.7 Å². The molecular weight excluding hydrogens is 192 g/mol. The predicted octanol–water partition coefficient (Wildman–Crippen LogP) is 2.82. The number of amidine groups is 1. The number of nitrogens with two attached hydrogens (primary N) is 1. The van der Waals surface area contributed by atoms with Crippen LogP contribution in [0, 0.1) is 0 Å². The smallest absolute Gasteiger partial charge is 0.0937 e. The number of hydrogen-bond acceptors (Lipinski definition) is 2. The van der Waals surface area contributed by atoms with Gasteiger partial charge < -0.3 is 5.73 Å². The molecule has 82 valence electrons. The third-order valence-electron chi connectivity index (χ3n) is 3.02. The molecule has 3 heteroatoms. The van der Waals surface area contributed by atoms with E-state index in [0.29, 0.717) is 4.75 Å². The molecule has 1 fully saturated rings. The molecule has 1 aliphatic rings. The van der Waals surface area contributed by atoms with Crippen LogP contribution in [0.4, 0.5) is 0 Å². The maximum Gasteiger partial charge on any atom is 0.0937 e. The van der Waals surface area contributed by atoms with Crippen LogP contribution in [0.1, 0.15) is 45.4 Å². The van der Waals surface area contributed by atoms with Crippen LogP contribution in [-0.4, -0.2) is 23.4 Å². The van der Waals surface area contributed by atoms with E-state index in [2.05, 4.69) is 18.2 Å². The summed E-state index contributed by atoms with van der Waals surface area (Å²) in [7, 11) is 0. The van der Waals surface area contributed by atoms with Gasteiger partial charge in [-0.25, -0.2) is 0 Å². The van der Waals surface area contributed by atoms with E-state index in [4.69, 9.17) is 5.73 Å². The van der Waals surface area contributed by atoms with Crippen molar-refractivity contribution in [2.45, 2.75) is 50.2 Å².